The van der Waals surface area contributed by atoms with Crippen LogP contribution in [-0.2, 0) is 11.3 Å². The number of methoxy groups -OCH3 is 1. The summed E-state index contributed by atoms with van der Waals surface area (Å²) < 4.78 is 11.2. The Kier molecular flexibility index (Phi) is 5.14. The van der Waals surface area contributed by atoms with E-state index in [9.17, 15) is 0 Å². The molecule has 0 aromatic heterocycles. The van der Waals surface area contributed by atoms with Gasteiger partial charge in [-0.25, -0.2) is 0 Å². The molecule has 2 aromatic carbocycles. The highest BCUT2D eigenvalue weighted by Gasteiger charge is 2.30. The predicted molar refractivity (Wildman–Crippen MR) is 105 cm³/mol. The normalized spacial score (nSPS) is 20.2. The Morgan fingerprint density at radius 1 is 1.08 bits per heavy atom. The third kappa shape index (κ3) is 3.44. The van der Waals surface area contributed by atoms with Gasteiger partial charge in [-0.1, -0.05) is 36.4 Å². The molecule has 0 aliphatic carbocycles. The number of hydrogen-bond donors (Lipinski definition) is 0. The van der Waals surface area contributed by atoms with Crippen molar-refractivity contribution in [1.29, 1.82) is 0 Å². The summed E-state index contributed by atoms with van der Waals surface area (Å²) in [5.74, 6) is 1.57. The van der Waals surface area contributed by atoms with E-state index in [2.05, 4.69) is 59.2 Å². The fourth-order valence-corrected chi connectivity index (χ4v) is 4.32. The molecule has 0 spiro atoms. The summed E-state index contributed by atoms with van der Waals surface area (Å²) in [5.41, 5.74) is 5.30. The van der Waals surface area contributed by atoms with E-state index in [-0.39, 0.29) is 0 Å². The molecule has 4 heteroatoms. The molecule has 0 amide bonds. The zero-order valence-electron chi connectivity index (χ0n) is 15.8. The molecule has 138 valence electrons. The highest BCUT2D eigenvalue weighted by atomic mass is 16.5. The van der Waals surface area contributed by atoms with E-state index in [1.54, 1.807) is 7.11 Å². The Balaban J connectivity index is 1.55. The van der Waals surface area contributed by atoms with Crippen molar-refractivity contribution in [2.45, 2.75) is 19.4 Å². The summed E-state index contributed by atoms with van der Waals surface area (Å²) in [4.78, 5) is 5.05. The first kappa shape index (κ1) is 17.4. The monoisotopic (exact) mass is 352 g/mol. The number of anilines is 1. The number of fused-ring (bicyclic) bond motifs is 1. The van der Waals surface area contributed by atoms with E-state index < -0.39 is 0 Å². The van der Waals surface area contributed by atoms with Crippen molar-refractivity contribution in [2.24, 2.45) is 0 Å². The summed E-state index contributed by atoms with van der Waals surface area (Å²) in [5, 5.41) is 0. The molecular weight excluding hydrogens is 324 g/mol. The summed E-state index contributed by atoms with van der Waals surface area (Å²) in [6, 6.07) is 15.3. The quantitative estimate of drug-likeness (QED) is 0.823. The maximum atomic E-state index is 5.67. The van der Waals surface area contributed by atoms with E-state index in [1.807, 2.05) is 0 Å². The number of para-hydroxylation sites is 2. The van der Waals surface area contributed by atoms with Crippen LogP contribution in [0.1, 0.15) is 22.6 Å². The van der Waals surface area contributed by atoms with Crippen molar-refractivity contribution >= 4 is 5.69 Å². The Morgan fingerprint density at radius 3 is 2.69 bits per heavy atom. The standard InChI is InChI=1S/C22H28N2O2/c1-17-6-5-7-18(22(17)25-2)15-24-16-19(14-23-10-12-26-13-11-23)20-8-3-4-9-21(20)24/h3-9,19H,10-16H2,1-2H3/t19-/m0/s1. The smallest absolute Gasteiger partial charge is 0.126 e. The van der Waals surface area contributed by atoms with E-state index in [0.29, 0.717) is 5.92 Å². The van der Waals surface area contributed by atoms with Gasteiger partial charge in [-0.05, 0) is 24.1 Å². The zero-order chi connectivity index (χ0) is 17.9. The van der Waals surface area contributed by atoms with Crippen LogP contribution < -0.4 is 9.64 Å². The zero-order valence-corrected chi connectivity index (χ0v) is 15.8. The average Bonchev–Trinajstić information content (AvgIpc) is 3.00. The third-order valence-corrected chi connectivity index (χ3v) is 5.60. The Bertz CT molecular complexity index is 756. The Labute approximate surface area is 156 Å². The van der Waals surface area contributed by atoms with Crippen LogP contribution in [0.15, 0.2) is 42.5 Å². The minimum absolute atomic E-state index is 0.556. The molecule has 2 aliphatic heterocycles. The number of morpholine rings is 1. The average molecular weight is 352 g/mol. The van der Waals surface area contributed by atoms with Gasteiger partial charge in [0.2, 0.25) is 0 Å². The minimum atomic E-state index is 0.556. The van der Waals surface area contributed by atoms with Gasteiger partial charge in [0.1, 0.15) is 5.75 Å². The molecular formula is C22H28N2O2. The van der Waals surface area contributed by atoms with Crippen LogP contribution in [0.4, 0.5) is 5.69 Å². The van der Waals surface area contributed by atoms with Gasteiger partial charge in [0.15, 0.2) is 0 Å². The SMILES string of the molecule is COc1c(C)cccc1CN1C[C@H](CN2CCOCC2)c2ccccc21. The topological polar surface area (TPSA) is 24.9 Å². The fraction of sp³-hybridized carbons (Fsp3) is 0.455. The van der Waals surface area contributed by atoms with Crippen molar-refractivity contribution in [3.63, 3.8) is 0 Å². The number of benzene rings is 2. The molecule has 0 N–H and O–H groups in total. The van der Waals surface area contributed by atoms with Gasteiger partial charge in [0, 0.05) is 49.9 Å². The Morgan fingerprint density at radius 2 is 1.88 bits per heavy atom. The molecule has 0 saturated carbocycles. The van der Waals surface area contributed by atoms with E-state index in [0.717, 1.165) is 51.7 Å². The van der Waals surface area contributed by atoms with Gasteiger partial charge in [-0.15, -0.1) is 0 Å². The first-order valence-corrected chi connectivity index (χ1v) is 9.52. The van der Waals surface area contributed by atoms with Gasteiger partial charge in [-0.2, -0.15) is 0 Å². The lowest BCUT2D eigenvalue weighted by molar-refractivity contribution is 0.0356. The second-order valence-corrected chi connectivity index (χ2v) is 7.32. The summed E-state index contributed by atoms with van der Waals surface area (Å²) in [7, 11) is 1.77. The molecule has 0 unspecified atom stereocenters. The van der Waals surface area contributed by atoms with E-state index >= 15 is 0 Å². The first-order chi connectivity index (χ1) is 12.8. The molecule has 1 fully saturated rings. The Hall–Kier alpha value is -2.04. The lowest BCUT2D eigenvalue weighted by Gasteiger charge is -2.29. The maximum Gasteiger partial charge on any atom is 0.126 e. The highest BCUT2D eigenvalue weighted by Crippen LogP contribution is 2.38. The minimum Gasteiger partial charge on any atom is -0.496 e. The van der Waals surface area contributed by atoms with E-state index in [1.165, 1.54) is 22.4 Å². The lowest BCUT2D eigenvalue weighted by atomic mass is 10.0. The molecule has 4 rings (SSSR count). The molecule has 4 nitrogen and oxygen atoms in total. The van der Waals surface area contributed by atoms with Crippen molar-refractivity contribution in [1.82, 2.24) is 4.90 Å². The molecule has 1 saturated heterocycles. The third-order valence-electron chi connectivity index (χ3n) is 5.60. The number of aryl methyl sites for hydroxylation is 1. The lowest BCUT2D eigenvalue weighted by Crippen LogP contribution is -2.39. The maximum absolute atomic E-state index is 5.67. The second kappa shape index (κ2) is 7.68. The molecule has 1 atom stereocenters. The van der Waals surface area contributed by atoms with Crippen molar-refractivity contribution < 1.29 is 9.47 Å². The number of nitrogens with zero attached hydrogens (tertiary/aromatic N) is 2. The summed E-state index contributed by atoms with van der Waals surface area (Å²) >= 11 is 0. The van der Waals surface area contributed by atoms with Crippen LogP contribution in [0.2, 0.25) is 0 Å². The van der Waals surface area contributed by atoms with Crippen LogP contribution in [0, 0.1) is 6.92 Å². The fourth-order valence-electron chi connectivity index (χ4n) is 4.32. The van der Waals surface area contributed by atoms with Crippen LogP contribution in [0.25, 0.3) is 0 Å². The van der Waals surface area contributed by atoms with Gasteiger partial charge in [0.05, 0.1) is 20.3 Å². The molecule has 26 heavy (non-hydrogen) atoms. The highest BCUT2D eigenvalue weighted by molar-refractivity contribution is 5.61. The van der Waals surface area contributed by atoms with Gasteiger partial charge >= 0.3 is 0 Å². The summed E-state index contributed by atoms with van der Waals surface area (Å²) in [6.07, 6.45) is 0. The molecule has 0 radical (unpaired) electrons. The van der Waals surface area contributed by atoms with E-state index in [4.69, 9.17) is 9.47 Å². The number of hydrogen-bond acceptors (Lipinski definition) is 4. The van der Waals surface area contributed by atoms with Crippen molar-refractivity contribution in [3.8, 4) is 5.75 Å². The first-order valence-electron chi connectivity index (χ1n) is 9.52. The van der Waals surface area contributed by atoms with Gasteiger partial charge < -0.3 is 14.4 Å². The van der Waals surface area contributed by atoms with Crippen LogP contribution in [0.3, 0.4) is 0 Å². The van der Waals surface area contributed by atoms with Crippen LogP contribution >= 0.6 is 0 Å². The number of rotatable bonds is 5. The molecule has 0 bridgehead atoms. The summed E-state index contributed by atoms with van der Waals surface area (Å²) in [6.45, 7) is 8.99. The van der Waals surface area contributed by atoms with Crippen LogP contribution in [-0.4, -0.2) is 51.4 Å². The van der Waals surface area contributed by atoms with Gasteiger partial charge in [0.25, 0.3) is 0 Å². The molecule has 2 aromatic rings. The predicted octanol–water partition coefficient (Wildman–Crippen LogP) is 3.44. The van der Waals surface area contributed by atoms with Crippen molar-refractivity contribution in [3.05, 3.63) is 59.2 Å². The second-order valence-electron chi connectivity index (χ2n) is 7.32. The van der Waals surface area contributed by atoms with Gasteiger partial charge in [-0.3, -0.25) is 4.90 Å². The number of ether oxygens (including phenoxy) is 2. The molecule has 2 heterocycles. The largest absolute Gasteiger partial charge is 0.496 e. The van der Waals surface area contributed by atoms with Crippen molar-refractivity contribution in [2.75, 3.05) is 51.4 Å². The molecule has 2 aliphatic rings. The van der Waals surface area contributed by atoms with Crippen LogP contribution in [0.5, 0.6) is 5.75 Å².